The Balaban J connectivity index is 2.64. The van der Waals surface area contributed by atoms with Crippen molar-refractivity contribution in [2.45, 2.75) is 13.8 Å². The number of carboxylic acid groups (broad SMARTS) is 1. The molecule has 100 valence electrons. The maximum atomic E-state index is 12.9. The molecule has 0 aliphatic heterocycles. The zero-order valence-corrected chi connectivity index (χ0v) is 10.5. The van der Waals surface area contributed by atoms with Crippen LogP contribution in [0.25, 0.3) is 0 Å². The van der Waals surface area contributed by atoms with Crippen molar-refractivity contribution >= 4 is 5.97 Å². The Hall–Kier alpha value is -1.69. The van der Waals surface area contributed by atoms with Gasteiger partial charge in [0.15, 0.2) is 0 Å². The summed E-state index contributed by atoms with van der Waals surface area (Å²) in [5, 5.41) is 8.89. The fraction of sp³-hybridized carbons (Fsp3) is 0.500. The Morgan fingerprint density at radius 2 is 2.17 bits per heavy atom. The van der Waals surface area contributed by atoms with Crippen molar-refractivity contribution in [3.8, 4) is 5.88 Å². The number of rotatable bonds is 7. The van der Waals surface area contributed by atoms with Gasteiger partial charge in [0.05, 0.1) is 6.20 Å². The summed E-state index contributed by atoms with van der Waals surface area (Å²) in [6.45, 7) is 6.83. The van der Waals surface area contributed by atoms with Gasteiger partial charge in [0.2, 0.25) is 5.88 Å². The molecule has 0 aromatic carbocycles. The molecule has 18 heavy (non-hydrogen) atoms. The van der Waals surface area contributed by atoms with Crippen LogP contribution in [0.4, 0.5) is 4.39 Å². The van der Waals surface area contributed by atoms with E-state index < -0.39 is 11.8 Å². The lowest BCUT2D eigenvalue weighted by atomic mass is 10.3. The Labute approximate surface area is 105 Å². The van der Waals surface area contributed by atoms with E-state index >= 15 is 0 Å². The van der Waals surface area contributed by atoms with Crippen molar-refractivity contribution < 1.29 is 19.0 Å². The van der Waals surface area contributed by atoms with E-state index in [2.05, 4.69) is 9.88 Å². The van der Waals surface area contributed by atoms with E-state index in [0.29, 0.717) is 13.2 Å². The average molecular weight is 256 g/mol. The maximum absolute atomic E-state index is 12.9. The van der Waals surface area contributed by atoms with Gasteiger partial charge in [0.1, 0.15) is 18.0 Å². The Morgan fingerprint density at radius 1 is 1.50 bits per heavy atom. The molecule has 0 saturated carbocycles. The molecule has 0 fully saturated rings. The summed E-state index contributed by atoms with van der Waals surface area (Å²) in [7, 11) is 0. The van der Waals surface area contributed by atoms with E-state index in [9.17, 15) is 9.18 Å². The molecule has 0 spiro atoms. The fourth-order valence-electron chi connectivity index (χ4n) is 1.51. The summed E-state index contributed by atoms with van der Waals surface area (Å²) in [6, 6.07) is 0.905. The van der Waals surface area contributed by atoms with Gasteiger partial charge in [-0.2, -0.15) is 0 Å². The zero-order valence-electron chi connectivity index (χ0n) is 10.5. The van der Waals surface area contributed by atoms with Crippen LogP contribution >= 0.6 is 0 Å². The van der Waals surface area contributed by atoms with E-state index in [-0.39, 0.29) is 11.4 Å². The van der Waals surface area contributed by atoms with Crippen molar-refractivity contribution in [2.75, 3.05) is 26.2 Å². The lowest BCUT2D eigenvalue weighted by Gasteiger charge is -2.18. The third kappa shape index (κ3) is 3.96. The number of pyridine rings is 1. The second-order valence-electron chi connectivity index (χ2n) is 3.69. The van der Waals surface area contributed by atoms with E-state index in [1.54, 1.807) is 0 Å². The molecular weight excluding hydrogens is 239 g/mol. The first-order valence-electron chi connectivity index (χ1n) is 5.82. The van der Waals surface area contributed by atoms with Crippen LogP contribution in [-0.2, 0) is 0 Å². The lowest BCUT2D eigenvalue weighted by Crippen LogP contribution is -2.28. The molecule has 0 atom stereocenters. The fourth-order valence-corrected chi connectivity index (χ4v) is 1.51. The molecule has 1 aromatic rings. The molecule has 0 amide bonds. The molecule has 0 aliphatic rings. The smallest absolute Gasteiger partial charge is 0.341 e. The van der Waals surface area contributed by atoms with Crippen LogP contribution in [0, 0.1) is 5.82 Å². The number of nitrogens with zero attached hydrogens (tertiary/aromatic N) is 2. The third-order valence-corrected chi connectivity index (χ3v) is 2.59. The molecule has 1 heterocycles. The van der Waals surface area contributed by atoms with Crippen molar-refractivity contribution in [1.29, 1.82) is 0 Å². The van der Waals surface area contributed by atoms with Gasteiger partial charge in [-0.3, -0.25) is 0 Å². The number of halogens is 1. The van der Waals surface area contributed by atoms with Crippen LogP contribution < -0.4 is 4.74 Å². The number of likely N-dealkylation sites (N-methyl/N-ethyl adjacent to an activating group) is 1. The maximum Gasteiger partial charge on any atom is 0.341 e. The highest BCUT2D eigenvalue weighted by Gasteiger charge is 2.14. The van der Waals surface area contributed by atoms with E-state index in [4.69, 9.17) is 9.84 Å². The molecule has 0 saturated heterocycles. The van der Waals surface area contributed by atoms with Crippen LogP contribution in [0.1, 0.15) is 24.2 Å². The van der Waals surface area contributed by atoms with Crippen LogP contribution in [0.5, 0.6) is 5.88 Å². The minimum absolute atomic E-state index is 0.0453. The Kier molecular flexibility index (Phi) is 5.51. The van der Waals surface area contributed by atoms with E-state index in [0.717, 1.165) is 25.4 Å². The number of hydrogen-bond donors (Lipinski definition) is 1. The van der Waals surface area contributed by atoms with Crippen LogP contribution in [0.3, 0.4) is 0 Å². The van der Waals surface area contributed by atoms with Gasteiger partial charge in [0.25, 0.3) is 0 Å². The van der Waals surface area contributed by atoms with Crippen LogP contribution in [0.15, 0.2) is 12.3 Å². The number of hydrogen-bond acceptors (Lipinski definition) is 4. The van der Waals surface area contributed by atoms with Gasteiger partial charge in [-0.25, -0.2) is 14.2 Å². The van der Waals surface area contributed by atoms with Gasteiger partial charge >= 0.3 is 5.97 Å². The first-order valence-corrected chi connectivity index (χ1v) is 5.82. The normalized spacial score (nSPS) is 10.7. The highest BCUT2D eigenvalue weighted by atomic mass is 19.1. The molecule has 1 N–H and O–H groups in total. The Bertz CT molecular complexity index is 408. The quantitative estimate of drug-likeness (QED) is 0.803. The summed E-state index contributed by atoms with van der Waals surface area (Å²) in [5.74, 6) is -1.99. The summed E-state index contributed by atoms with van der Waals surface area (Å²) < 4.78 is 18.2. The summed E-state index contributed by atoms with van der Waals surface area (Å²) >= 11 is 0. The predicted octanol–water partition coefficient (Wildman–Crippen LogP) is 1.64. The summed E-state index contributed by atoms with van der Waals surface area (Å²) in [5.41, 5.74) is -0.255. The summed E-state index contributed by atoms with van der Waals surface area (Å²) in [6.07, 6.45) is 0.944. The van der Waals surface area contributed by atoms with Crippen LogP contribution in [-0.4, -0.2) is 47.2 Å². The van der Waals surface area contributed by atoms with Gasteiger partial charge in [0, 0.05) is 6.54 Å². The van der Waals surface area contributed by atoms with Crippen molar-refractivity contribution in [3.63, 3.8) is 0 Å². The van der Waals surface area contributed by atoms with Crippen molar-refractivity contribution in [3.05, 3.63) is 23.6 Å². The van der Waals surface area contributed by atoms with Gasteiger partial charge < -0.3 is 14.7 Å². The van der Waals surface area contributed by atoms with Crippen molar-refractivity contribution in [2.24, 2.45) is 0 Å². The molecule has 5 nitrogen and oxygen atoms in total. The van der Waals surface area contributed by atoms with Gasteiger partial charge in [-0.1, -0.05) is 13.8 Å². The largest absolute Gasteiger partial charge is 0.477 e. The minimum Gasteiger partial charge on any atom is -0.477 e. The van der Waals surface area contributed by atoms with Gasteiger partial charge in [-0.15, -0.1) is 0 Å². The number of ether oxygens (including phenoxy) is 1. The molecule has 0 radical (unpaired) electrons. The second-order valence-corrected chi connectivity index (χ2v) is 3.69. The highest BCUT2D eigenvalue weighted by molar-refractivity contribution is 5.90. The van der Waals surface area contributed by atoms with Crippen LogP contribution in [0.2, 0.25) is 0 Å². The predicted molar refractivity (Wildman–Crippen MR) is 64.4 cm³/mol. The average Bonchev–Trinajstić information content (AvgIpc) is 2.36. The molecule has 6 heteroatoms. The lowest BCUT2D eigenvalue weighted by molar-refractivity contribution is 0.0689. The standard InChI is InChI=1S/C12H17FN2O3/c1-3-15(4-2)5-6-18-11-10(12(16)17)7-9(13)8-14-11/h7-8H,3-6H2,1-2H3,(H,16,17). The number of aromatic nitrogens is 1. The molecule has 0 unspecified atom stereocenters. The number of carboxylic acids is 1. The molecular formula is C12H17FN2O3. The zero-order chi connectivity index (χ0) is 13.5. The summed E-state index contributed by atoms with van der Waals surface area (Å²) in [4.78, 5) is 16.7. The first-order chi connectivity index (χ1) is 8.58. The molecule has 0 bridgehead atoms. The monoisotopic (exact) mass is 256 g/mol. The van der Waals surface area contributed by atoms with E-state index in [1.807, 2.05) is 13.8 Å². The molecule has 1 rings (SSSR count). The number of aromatic carboxylic acids is 1. The third-order valence-electron chi connectivity index (χ3n) is 2.59. The van der Waals surface area contributed by atoms with Gasteiger partial charge in [-0.05, 0) is 19.2 Å². The Morgan fingerprint density at radius 3 is 2.72 bits per heavy atom. The minimum atomic E-state index is -1.25. The first kappa shape index (κ1) is 14.4. The topological polar surface area (TPSA) is 62.7 Å². The van der Waals surface area contributed by atoms with E-state index in [1.165, 1.54) is 0 Å². The van der Waals surface area contributed by atoms with Crippen molar-refractivity contribution in [1.82, 2.24) is 9.88 Å². The second kappa shape index (κ2) is 6.90. The highest BCUT2D eigenvalue weighted by Crippen LogP contribution is 2.16. The number of carbonyl (C=O) groups is 1. The SMILES string of the molecule is CCN(CC)CCOc1ncc(F)cc1C(=O)O. The molecule has 1 aromatic heterocycles. The molecule has 0 aliphatic carbocycles.